The number of para-hydroxylation sites is 1. The summed E-state index contributed by atoms with van der Waals surface area (Å²) in [5.41, 5.74) is -0.533. The summed E-state index contributed by atoms with van der Waals surface area (Å²) in [6.45, 7) is 0.796. The molecule has 7 nitrogen and oxygen atoms in total. The number of fused-ring (bicyclic) bond motifs is 1. The maximum absolute atomic E-state index is 14.7. The molecule has 1 atom stereocenters. The molecule has 1 aromatic heterocycles. The number of rotatable bonds is 5. The first-order chi connectivity index (χ1) is 16.6. The summed E-state index contributed by atoms with van der Waals surface area (Å²) in [4.78, 5) is 42.6. The second kappa shape index (κ2) is 9.65. The Balaban J connectivity index is 1.59. The maximum atomic E-state index is 14.7. The van der Waals surface area contributed by atoms with Crippen LogP contribution in [0, 0.1) is 5.82 Å². The van der Waals surface area contributed by atoms with Crippen molar-refractivity contribution in [3.63, 3.8) is 0 Å². The van der Waals surface area contributed by atoms with Crippen LogP contribution >= 0.6 is 0 Å². The summed E-state index contributed by atoms with van der Waals surface area (Å²) in [5.74, 6) is -1.38. The van der Waals surface area contributed by atoms with Crippen LogP contribution in [0.25, 0.3) is 10.9 Å². The van der Waals surface area contributed by atoms with Gasteiger partial charge in [0.2, 0.25) is 0 Å². The molecule has 2 heterocycles. The Kier molecular flexibility index (Phi) is 6.79. The molecule has 3 aromatic rings. The number of amides is 1. The van der Waals surface area contributed by atoms with Gasteiger partial charge in [0.1, 0.15) is 5.82 Å². The SMILES string of the molecule is CCC1CN(C(=O)c2cc(Cn3c(=O)[nH]c(=O)c4ccccc43)ccc2F)CCN1CC(F)(F)F. The molecule has 1 saturated heterocycles. The molecule has 186 valence electrons. The predicted octanol–water partition coefficient (Wildman–Crippen LogP) is 2.98. The van der Waals surface area contributed by atoms with E-state index in [2.05, 4.69) is 4.98 Å². The van der Waals surface area contributed by atoms with E-state index in [-0.39, 0.29) is 31.7 Å². The van der Waals surface area contributed by atoms with E-state index in [9.17, 15) is 31.9 Å². The number of carbonyl (C=O) groups is 1. The van der Waals surface area contributed by atoms with E-state index < -0.39 is 41.7 Å². The largest absolute Gasteiger partial charge is 0.401 e. The summed E-state index contributed by atoms with van der Waals surface area (Å²) >= 11 is 0. The first-order valence-corrected chi connectivity index (χ1v) is 11.2. The quantitative estimate of drug-likeness (QED) is 0.556. The molecule has 0 bridgehead atoms. The number of hydrogen-bond donors (Lipinski definition) is 1. The minimum Gasteiger partial charge on any atom is -0.336 e. The predicted molar refractivity (Wildman–Crippen MR) is 122 cm³/mol. The van der Waals surface area contributed by atoms with Crippen molar-refractivity contribution in [3.8, 4) is 0 Å². The van der Waals surface area contributed by atoms with Gasteiger partial charge in [0.25, 0.3) is 11.5 Å². The molecule has 1 aliphatic rings. The van der Waals surface area contributed by atoms with E-state index in [0.717, 1.165) is 6.07 Å². The molecule has 1 unspecified atom stereocenters. The molecule has 0 radical (unpaired) electrons. The number of benzene rings is 2. The van der Waals surface area contributed by atoms with Crippen LogP contribution in [0.1, 0.15) is 29.3 Å². The van der Waals surface area contributed by atoms with Crippen LogP contribution < -0.4 is 11.2 Å². The Morgan fingerprint density at radius 1 is 1.11 bits per heavy atom. The monoisotopic (exact) mass is 492 g/mol. The van der Waals surface area contributed by atoms with Crippen molar-refractivity contribution in [1.82, 2.24) is 19.4 Å². The number of halogens is 4. The standard InChI is InChI=1S/C24H24F4N4O3/c1-2-16-13-30(9-10-31(16)14-24(26,27)28)22(34)18-11-15(7-8-19(18)25)12-32-20-6-4-3-5-17(20)21(33)29-23(32)35/h3-8,11,16H,2,9-10,12-14H2,1H3,(H,29,33,35). The van der Waals surface area contributed by atoms with E-state index in [1.807, 2.05) is 0 Å². The highest BCUT2D eigenvalue weighted by molar-refractivity contribution is 5.94. The normalized spacial score (nSPS) is 17.2. The maximum Gasteiger partial charge on any atom is 0.401 e. The molecule has 11 heteroatoms. The lowest BCUT2D eigenvalue weighted by atomic mass is 10.1. The molecule has 1 amide bonds. The number of nitrogens with zero attached hydrogens (tertiary/aromatic N) is 3. The van der Waals surface area contributed by atoms with E-state index in [1.54, 1.807) is 31.2 Å². The first-order valence-electron chi connectivity index (χ1n) is 11.2. The fourth-order valence-electron chi connectivity index (χ4n) is 4.49. The fourth-order valence-corrected chi connectivity index (χ4v) is 4.49. The fraction of sp³-hybridized carbons (Fsp3) is 0.375. The molecule has 0 aliphatic carbocycles. The van der Waals surface area contributed by atoms with Crippen LogP contribution in [-0.4, -0.2) is 63.7 Å². The van der Waals surface area contributed by atoms with Gasteiger partial charge in [-0.05, 0) is 36.2 Å². The van der Waals surface area contributed by atoms with Crippen LogP contribution in [-0.2, 0) is 6.54 Å². The molecule has 35 heavy (non-hydrogen) atoms. The molecular formula is C24H24F4N4O3. The number of hydrogen-bond acceptors (Lipinski definition) is 4. The van der Waals surface area contributed by atoms with Gasteiger partial charge in [0.15, 0.2) is 0 Å². The van der Waals surface area contributed by atoms with Gasteiger partial charge in [-0.25, -0.2) is 9.18 Å². The van der Waals surface area contributed by atoms with Gasteiger partial charge in [-0.2, -0.15) is 13.2 Å². The molecular weight excluding hydrogens is 468 g/mol. The molecule has 1 aliphatic heterocycles. The van der Waals surface area contributed by atoms with Crippen molar-refractivity contribution in [2.24, 2.45) is 0 Å². The Labute approximate surface area is 197 Å². The second-order valence-corrected chi connectivity index (χ2v) is 8.58. The summed E-state index contributed by atoms with van der Waals surface area (Å²) in [6.07, 6.45) is -3.94. The highest BCUT2D eigenvalue weighted by atomic mass is 19.4. The topological polar surface area (TPSA) is 78.4 Å². The second-order valence-electron chi connectivity index (χ2n) is 8.58. The zero-order valence-corrected chi connectivity index (χ0v) is 18.9. The van der Waals surface area contributed by atoms with Crippen molar-refractivity contribution in [1.29, 1.82) is 0 Å². The number of carbonyl (C=O) groups excluding carboxylic acids is 1. The summed E-state index contributed by atoms with van der Waals surface area (Å²) in [7, 11) is 0. The van der Waals surface area contributed by atoms with Crippen molar-refractivity contribution >= 4 is 16.8 Å². The van der Waals surface area contributed by atoms with E-state index >= 15 is 0 Å². The van der Waals surface area contributed by atoms with Crippen molar-refractivity contribution in [2.75, 3.05) is 26.2 Å². The molecule has 2 aromatic carbocycles. The number of H-pyrrole nitrogens is 1. The molecule has 0 spiro atoms. The Morgan fingerprint density at radius 2 is 1.86 bits per heavy atom. The number of piperazine rings is 1. The van der Waals surface area contributed by atoms with E-state index in [1.165, 1.54) is 26.5 Å². The minimum absolute atomic E-state index is 0.0202. The van der Waals surface area contributed by atoms with Crippen molar-refractivity contribution in [3.05, 3.63) is 80.2 Å². The van der Waals surface area contributed by atoms with Gasteiger partial charge in [0.05, 0.1) is 29.6 Å². The van der Waals surface area contributed by atoms with Gasteiger partial charge in [-0.15, -0.1) is 0 Å². The summed E-state index contributed by atoms with van der Waals surface area (Å²) < 4.78 is 54.6. The van der Waals surface area contributed by atoms with Crippen LogP contribution in [0.5, 0.6) is 0 Å². The first kappa shape index (κ1) is 24.6. The Morgan fingerprint density at radius 3 is 2.57 bits per heavy atom. The third-order valence-electron chi connectivity index (χ3n) is 6.25. The van der Waals surface area contributed by atoms with Crippen LogP contribution in [0.15, 0.2) is 52.1 Å². The number of alkyl halides is 3. The van der Waals surface area contributed by atoms with Crippen molar-refractivity contribution < 1.29 is 22.4 Å². The molecule has 1 fully saturated rings. The highest BCUT2D eigenvalue weighted by Crippen LogP contribution is 2.23. The van der Waals surface area contributed by atoms with Crippen molar-refractivity contribution in [2.45, 2.75) is 32.1 Å². The molecule has 1 N–H and O–H groups in total. The third kappa shape index (κ3) is 5.29. The average Bonchev–Trinajstić information content (AvgIpc) is 2.81. The van der Waals surface area contributed by atoms with Crippen LogP contribution in [0.3, 0.4) is 0 Å². The minimum atomic E-state index is -4.34. The van der Waals surface area contributed by atoms with Gasteiger partial charge >= 0.3 is 11.9 Å². The zero-order chi connectivity index (χ0) is 25.3. The average molecular weight is 492 g/mol. The lowest BCUT2D eigenvalue weighted by molar-refractivity contribution is -0.155. The molecule has 0 saturated carbocycles. The molecule has 4 rings (SSSR count). The Hall–Kier alpha value is -3.47. The lowest BCUT2D eigenvalue weighted by Gasteiger charge is -2.41. The summed E-state index contributed by atoms with van der Waals surface area (Å²) in [5, 5.41) is 0.313. The Bertz CT molecular complexity index is 1370. The zero-order valence-electron chi connectivity index (χ0n) is 18.9. The van der Waals surface area contributed by atoms with Crippen LogP contribution in [0.2, 0.25) is 0 Å². The number of aromatic amines is 1. The van der Waals surface area contributed by atoms with Gasteiger partial charge < -0.3 is 4.90 Å². The van der Waals surface area contributed by atoms with Gasteiger partial charge in [0, 0.05) is 25.7 Å². The van der Waals surface area contributed by atoms with E-state index in [4.69, 9.17) is 0 Å². The summed E-state index contributed by atoms with van der Waals surface area (Å²) in [6, 6.07) is 9.95. The third-order valence-corrected chi connectivity index (χ3v) is 6.25. The van der Waals surface area contributed by atoms with Gasteiger partial charge in [-0.1, -0.05) is 25.1 Å². The van der Waals surface area contributed by atoms with E-state index in [0.29, 0.717) is 22.9 Å². The van der Waals surface area contributed by atoms with Crippen LogP contribution in [0.4, 0.5) is 17.6 Å². The smallest absolute Gasteiger partial charge is 0.336 e. The number of nitrogens with one attached hydrogen (secondary N) is 1. The van der Waals surface area contributed by atoms with Gasteiger partial charge in [-0.3, -0.25) is 24.0 Å². The lowest BCUT2D eigenvalue weighted by Crippen LogP contribution is -2.56. The number of aromatic nitrogens is 2. The highest BCUT2D eigenvalue weighted by Gasteiger charge is 2.37.